The monoisotopic (exact) mass is 272 g/mol. The van der Waals surface area contributed by atoms with E-state index in [0.29, 0.717) is 22.7 Å². The Labute approximate surface area is 116 Å². The third-order valence-electron chi connectivity index (χ3n) is 2.70. The van der Waals surface area contributed by atoms with Crippen LogP contribution in [-0.2, 0) is 11.3 Å². The molecule has 2 aromatic rings. The maximum Gasteiger partial charge on any atom is 0.412 e. The lowest BCUT2D eigenvalue weighted by Gasteiger charge is -2.11. The third-order valence-corrected chi connectivity index (χ3v) is 2.70. The van der Waals surface area contributed by atoms with E-state index in [1.165, 1.54) is 12.1 Å². The molecule has 6 nitrogen and oxygen atoms in total. The number of benzene rings is 2. The van der Waals surface area contributed by atoms with Gasteiger partial charge in [0.15, 0.2) is 0 Å². The Morgan fingerprint density at radius 3 is 2.35 bits per heavy atom. The Kier molecular flexibility index (Phi) is 3.95. The summed E-state index contributed by atoms with van der Waals surface area (Å²) in [4.78, 5) is 11.7. The number of amides is 1. The average molecular weight is 272 g/mol. The molecule has 0 radical (unpaired) electrons. The van der Waals surface area contributed by atoms with Crippen LogP contribution < -0.4 is 22.5 Å². The SMILES string of the molecule is Nc1cc(N)c(NC(=O)OCc2ccccc2)cc1N. The van der Waals surface area contributed by atoms with E-state index in [0.717, 1.165) is 5.56 Å². The van der Waals surface area contributed by atoms with Gasteiger partial charge in [0.25, 0.3) is 0 Å². The fraction of sp³-hybridized carbons (Fsp3) is 0.0714. The van der Waals surface area contributed by atoms with Crippen molar-refractivity contribution in [2.24, 2.45) is 0 Å². The Bertz CT molecular complexity index is 614. The van der Waals surface area contributed by atoms with Gasteiger partial charge in [-0.2, -0.15) is 0 Å². The summed E-state index contributed by atoms with van der Waals surface area (Å²) in [5.74, 6) is 0. The zero-order chi connectivity index (χ0) is 14.5. The Morgan fingerprint density at radius 1 is 1.00 bits per heavy atom. The maximum atomic E-state index is 11.7. The van der Waals surface area contributed by atoms with Crippen LogP contribution in [0.4, 0.5) is 27.5 Å². The molecule has 2 aromatic carbocycles. The molecule has 0 aliphatic carbocycles. The van der Waals surface area contributed by atoms with Crippen LogP contribution >= 0.6 is 0 Å². The number of nitrogen functional groups attached to an aromatic ring is 3. The molecule has 0 saturated carbocycles. The van der Waals surface area contributed by atoms with Crippen LogP contribution in [0.1, 0.15) is 5.56 Å². The molecule has 0 atom stereocenters. The molecule has 104 valence electrons. The fourth-order valence-electron chi connectivity index (χ4n) is 1.63. The van der Waals surface area contributed by atoms with Crippen LogP contribution in [0.2, 0.25) is 0 Å². The van der Waals surface area contributed by atoms with Crippen LogP contribution in [0.15, 0.2) is 42.5 Å². The predicted octanol–water partition coefficient (Wildman–Crippen LogP) is 2.18. The van der Waals surface area contributed by atoms with E-state index < -0.39 is 6.09 Å². The molecule has 1 amide bonds. The van der Waals surface area contributed by atoms with E-state index in [9.17, 15) is 4.79 Å². The van der Waals surface area contributed by atoms with Crippen molar-refractivity contribution in [1.29, 1.82) is 0 Å². The average Bonchev–Trinajstić information content (AvgIpc) is 2.44. The normalized spacial score (nSPS) is 10.0. The number of nitrogens with one attached hydrogen (secondary N) is 1. The van der Waals surface area contributed by atoms with Gasteiger partial charge in [-0.05, 0) is 17.7 Å². The van der Waals surface area contributed by atoms with Crippen molar-refractivity contribution < 1.29 is 9.53 Å². The second-order valence-electron chi connectivity index (χ2n) is 4.26. The summed E-state index contributed by atoms with van der Waals surface area (Å²) in [6.45, 7) is 0.178. The van der Waals surface area contributed by atoms with Gasteiger partial charge >= 0.3 is 6.09 Å². The third kappa shape index (κ3) is 3.32. The molecule has 0 aliphatic rings. The predicted molar refractivity (Wildman–Crippen MR) is 79.9 cm³/mol. The van der Waals surface area contributed by atoms with Crippen molar-refractivity contribution in [1.82, 2.24) is 0 Å². The van der Waals surface area contributed by atoms with Gasteiger partial charge in [0.05, 0.1) is 22.7 Å². The summed E-state index contributed by atoms with van der Waals surface area (Å²) in [5.41, 5.74) is 19.3. The Balaban J connectivity index is 1.97. The largest absolute Gasteiger partial charge is 0.444 e. The molecule has 0 fully saturated rings. The highest BCUT2D eigenvalue weighted by atomic mass is 16.5. The molecule has 0 saturated heterocycles. The van der Waals surface area contributed by atoms with Gasteiger partial charge in [-0.3, -0.25) is 5.32 Å². The van der Waals surface area contributed by atoms with Crippen molar-refractivity contribution in [2.75, 3.05) is 22.5 Å². The van der Waals surface area contributed by atoms with Crippen molar-refractivity contribution in [3.05, 3.63) is 48.0 Å². The molecular weight excluding hydrogens is 256 g/mol. The molecule has 0 unspecified atom stereocenters. The highest BCUT2D eigenvalue weighted by Crippen LogP contribution is 2.27. The number of carbonyl (C=O) groups is 1. The van der Waals surface area contributed by atoms with Gasteiger partial charge in [-0.15, -0.1) is 0 Å². The molecule has 0 bridgehead atoms. The lowest BCUT2D eigenvalue weighted by molar-refractivity contribution is 0.155. The number of hydrogen-bond acceptors (Lipinski definition) is 5. The molecule has 0 heterocycles. The summed E-state index contributed by atoms with van der Waals surface area (Å²) in [7, 11) is 0. The number of anilines is 4. The summed E-state index contributed by atoms with van der Waals surface area (Å²) in [5, 5.41) is 2.53. The lowest BCUT2D eigenvalue weighted by Crippen LogP contribution is -2.15. The van der Waals surface area contributed by atoms with Crippen molar-refractivity contribution in [3.8, 4) is 0 Å². The van der Waals surface area contributed by atoms with Gasteiger partial charge in [-0.1, -0.05) is 30.3 Å². The van der Waals surface area contributed by atoms with Crippen LogP contribution in [0.25, 0.3) is 0 Å². The minimum atomic E-state index is -0.607. The second-order valence-corrected chi connectivity index (χ2v) is 4.26. The molecular formula is C14H16N4O2. The molecule has 0 spiro atoms. The highest BCUT2D eigenvalue weighted by molar-refractivity contribution is 5.92. The second kappa shape index (κ2) is 5.83. The molecule has 7 N–H and O–H groups in total. The van der Waals surface area contributed by atoms with Crippen molar-refractivity contribution >= 4 is 28.8 Å². The summed E-state index contributed by atoms with van der Waals surface area (Å²) in [6.07, 6.45) is -0.607. The first kappa shape index (κ1) is 13.5. The fourth-order valence-corrected chi connectivity index (χ4v) is 1.63. The molecule has 20 heavy (non-hydrogen) atoms. The van der Waals surface area contributed by atoms with Crippen LogP contribution in [-0.4, -0.2) is 6.09 Å². The standard InChI is InChI=1S/C14H16N4O2/c15-10-6-12(17)13(7-11(10)16)18-14(19)20-8-9-4-2-1-3-5-9/h1-7H,8,15-17H2,(H,18,19). The molecule has 0 aliphatic heterocycles. The first-order valence-electron chi connectivity index (χ1n) is 5.98. The van der Waals surface area contributed by atoms with Gasteiger partial charge in [-0.25, -0.2) is 4.79 Å². The number of rotatable bonds is 3. The minimum absolute atomic E-state index is 0.178. The van der Waals surface area contributed by atoms with E-state index in [2.05, 4.69) is 5.32 Å². The number of carbonyl (C=O) groups excluding carboxylic acids is 1. The Morgan fingerprint density at radius 2 is 1.65 bits per heavy atom. The zero-order valence-electron chi connectivity index (χ0n) is 10.8. The number of hydrogen-bond donors (Lipinski definition) is 4. The quantitative estimate of drug-likeness (QED) is 0.639. The summed E-state index contributed by atoms with van der Waals surface area (Å²) < 4.78 is 5.08. The van der Waals surface area contributed by atoms with Crippen LogP contribution in [0.3, 0.4) is 0 Å². The number of ether oxygens (including phenoxy) is 1. The van der Waals surface area contributed by atoms with Gasteiger partial charge in [0, 0.05) is 0 Å². The number of nitrogens with two attached hydrogens (primary N) is 3. The van der Waals surface area contributed by atoms with E-state index in [1.54, 1.807) is 0 Å². The topological polar surface area (TPSA) is 116 Å². The highest BCUT2D eigenvalue weighted by Gasteiger charge is 2.08. The first-order chi connectivity index (χ1) is 9.56. The minimum Gasteiger partial charge on any atom is -0.444 e. The van der Waals surface area contributed by atoms with Crippen LogP contribution in [0, 0.1) is 0 Å². The van der Waals surface area contributed by atoms with Crippen LogP contribution in [0.5, 0.6) is 0 Å². The van der Waals surface area contributed by atoms with E-state index in [1.807, 2.05) is 30.3 Å². The summed E-state index contributed by atoms with van der Waals surface area (Å²) >= 11 is 0. The van der Waals surface area contributed by atoms with Gasteiger partial charge < -0.3 is 21.9 Å². The van der Waals surface area contributed by atoms with E-state index >= 15 is 0 Å². The van der Waals surface area contributed by atoms with E-state index in [-0.39, 0.29) is 6.61 Å². The zero-order valence-corrected chi connectivity index (χ0v) is 10.8. The Hall–Kier alpha value is -2.89. The van der Waals surface area contributed by atoms with Gasteiger partial charge in [0.2, 0.25) is 0 Å². The van der Waals surface area contributed by atoms with E-state index in [4.69, 9.17) is 21.9 Å². The van der Waals surface area contributed by atoms with Crippen molar-refractivity contribution in [2.45, 2.75) is 6.61 Å². The first-order valence-corrected chi connectivity index (χ1v) is 5.98. The van der Waals surface area contributed by atoms with Crippen molar-refractivity contribution in [3.63, 3.8) is 0 Å². The molecule has 2 rings (SSSR count). The smallest absolute Gasteiger partial charge is 0.412 e. The molecule has 0 aromatic heterocycles. The van der Waals surface area contributed by atoms with Gasteiger partial charge in [0.1, 0.15) is 6.61 Å². The lowest BCUT2D eigenvalue weighted by atomic mass is 10.2. The maximum absolute atomic E-state index is 11.7. The summed E-state index contributed by atoms with van der Waals surface area (Å²) in [6, 6.07) is 12.3. The molecule has 6 heteroatoms.